The number of ketones is 1. The van der Waals surface area contributed by atoms with E-state index in [2.05, 4.69) is 6.07 Å². The lowest BCUT2D eigenvalue weighted by Gasteiger charge is -2.10. The lowest BCUT2D eigenvalue weighted by molar-refractivity contribution is -0.120. The van der Waals surface area contributed by atoms with Crippen LogP contribution in [-0.2, 0) is 11.2 Å². The summed E-state index contributed by atoms with van der Waals surface area (Å²) in [6.07, 6.45) is 2.62. The van der Waals surface area contributed by atoms with E-state index in [0.29, 0.717) is 12.2 Å². The van der Waals surface area contributed by atoms with Crippen molar-refractivity contribution in [1.29, 1.82) is 0 Å². The Morgan fingerprint density at radius 3 is 3.00 bits per heavy atom. The molecule has 0 aliphatic heterocycles. The van der Waals surface area contributed by atoms with E-state index in [-0.39, 0.29) is 5.92 Å². The summed E-state index contributed by atoms with van der Waals surface area (Å²) in [4.78, 5) is 11.7. The van der Waals surface area contributed by atoms with Crippen LogP contribution >= 0.6 is 0 Å². The number of hydrogen-bond donors (Lipinski definition) is 0. The molecular formula is C13H16O2. The maximum absolute atomic E-state index is 11.7. The van der Waals surface area contributed by atoms with Crippen LogP contribution in [0.5, 0.6) is 5.75 Å². The van der Waals surface area contributed by atoms with E-state index in [1.54, 1.807) is 7.11 Å². The highest BCUT2D eigenvalue weighted by molar-refractivity contribution is 5.86. The number of aryl methyl sites for hydroxylation is 1. The van der Waals surface area contributed by atoms with E-state index in [0.717, 1.165) is 18.6 Å². The average molecular weight is 204 g/mol. The van der Waals surface area contributed by atoms with Gasteiger partial charge in [0.15, 0.2) is 0 Å². The second-order valence-corrected chi connectivity index (χ2v) is 3.98. The van der Waals surface area contributed by atoms with E-state index in [9.17, 15) is 4.79 Å². The van der Waals surface area contributed by atoms with Crippen LogP contribution in [0.3, 0.4) is 0 Å². The summed E-state index contributed by atoms with van der Waals surface area (Å²) in [5.74, 6) is 1.31. The lowest BCUT2D eigenvalue weighted by atomic mass is 9.95. The molecule has 0 aromatic heterocycles. The zero-order valence-corrected chi connectivity index (χ0v) is 9.25. The SMILES string of the molecule is CCC(=O)C1CCc2ccc(OC)cc21. The number of hydrogen-bond acceptors (Lipinski definition) is 2. The highest BCUT2D eigenvalue weighted by Gasteiger charge is 2.27. The van der Waals surface area contributed by atoms with Crippen molar-refractivity contribution in [1.82, 2.24) is 0 Å². The molecule has 1 aromatic rings. The van der Waals surface area contributed by atoms with Crippen molar-refractivity contribution < 1.29 is 9.53 Å². The van der Waals surface area contributed by atoms with Gasteiger partial charge in [-0.1, -0.05) is 13.0 Å². The van der Waals surface area contributed by atoms with Gasteiger partial charge in [-0.15, -0.1) is 0 Å². The number of Topliss-reactive ketones (excluding diaryl/α,β-unsaturated/α-hetero) is 1. The van der Waals surface area contributed by atoms with Crippen LogP contribution in [0.4, 0.5) is 0 Å². The minimum absolute atomic E-state index is 0.111. The van der Waals surface area contributed by atoms with Gasteiger partial charge in [-0.3, -0.25) is 4.79 Å². The van der Waals surface area contributed by atoms with E-state index in [1.165, 1.54) is 11.1 Å². The molecule has 0 fully saturated rings. The van der Waals surface area contributed by atoms with E-state index in [1.807, 2.05) is 19.1 Å². The minimum Gasteiger partial charge on any atom is -0.497 e. The van der Waals surface area contributed by atoms with Crippen LogP contribution in [-0.4, -0.2) is 12.9 Å². The van der Waals surface area contributed by atoms with Crippen LogP contribution in [0, 0.1) is 0 Å². The molecule has 0 bridgehead atoms. The molecular weight excluding hydrogens is 188 g/mol. The van der Waals surface area contributed by atoms with Gasteiger partial charge in [0.2, 0.25) is 0 Å². The number of ether oxygens (including phenoxy) is 1. The predicted octanol–water partition coefficient (Wildman–Crippen LogP) is 2.70. The van der Waals surface area contributed by atoms with Gasteiger partial charge in [-0.2, -0.15) is 0 Å². The normalized spacial score (nSPS) is 18.7. The monoisotopic (exact) mass is 204 g/mol. The summed E-state index contributed by atoms with van der Waals surface area (Å²) in [7, 11) is 1.66. The Morgan fingerprint density at radius 1 is 1.53 bits per heavy atom. The van der Waals surface area contributed by atoms with Crippen molar-refractivity contribution in [3.63, 3.8) is 0 Å². The second-order valence-electron chi connectivity index (χ2n) is 3.98. The van der Waals surface area contributed by atoms with Crippen molar-refractivity contribution in [2.45, 2.75) is 32.1 Å². The van der Waals surface area contributed by atoms with Crippen molar-refractivity contribution in [2.24, 2.45) is 0 Å². The van der Waals surface area contributed by atoms with Crippen molar-refractivity contribution in [3.8, 4) is 5.75 Å². The summed E-state index contributed by atoms with van der Waals surface area (Å²) < 4.78 is 5.19. The maximum Gasteiger partial charge on any atom is 0.140 e. The highest BCUT2D eigenvalue weighted by Crippen LogP contribution is 2.36. The van der Waals surface area contributed by atoms with Gasteiger partial charge in [-0.25, -0.2) is 0 Å². The first kappa shape index (κ1) is 10.2. The Bertz CT molecular complexity index is 382. The van der Waals surface area contributed by atoms with Crippen molar-refractivity contribution in [3.05, 3.63) is 29.3 Å². The molecule has 0 heterocycles. The van der Waals surface area contributed by atoms with Crippen LogP contribution in [0.1, 0.15) is 36.8 Å². The molecule has 80 valence electrons. The second kappa shape index (κ2) is 4.05. The Labute approximate surface area is 90.3 Å². The molecule has 0 radical (unpaired) electrons. The standard InChI is InChI=1S/C13H16O2/c1-3-13(14)11-7-5-9-4-6-10(15-2)8-12(9)11/h4,6,8,11H,3,5,7H2,1-2H3. The molecule has 1 aliphatic carbocycles. The third-order valence-corrected chi connectivity index (χ3v) is 3.17. The Hall–Kier alpha value is -1.31. The molecule has 1 aromatic carbocycles. The number of benzene rings is 1. The lowest BCUT2D eigenvalue weighted by Crippen LogP contribution is -2.07. The fourth-order valence-corrected chi connectivity index (χ4v) is 2.29. The topological polar surface area (TPSA) is 26.3 Å². The first-order chi connectivity index (χ1) is 7.26. The molecule has 1 aliphatic rings. The van der Waals surface area contributed by atoms with E-state index < -0.39 is 0 Å². The van der Waals surface area contributed by atoms with Crippen LogP contribution in [0.2, 0.25) is 0 Å². The third-order valence-electron chi connectivity index (χ3n) is 3.17. The number of methoxy groups -OCH3 is 1. The third kappa shape index (κ3) is 1.76. The van der Waals surface area contributed by atoms with Gasteiger partial charge in [-0.05, 0) is 36.1 Å². The maximum atomic E-state index is 11.7. The fraction of sp³-hybridized carbons (Fsp3) is 0.462. The van der Waals surface area contributed by atoms with Gasteiger partial charge >= 0.3 is 0 Å². The Kier molecular flexibility index (Phi) is 2.76. The summed E-state index contributed by atoms with van der Waals surface area (Å²) in [5, 5.41) is 0. The first-order valence-electron chi connectivity index (χ1n) is 5.45. The molecule has 0 amide bonds. The Balaban J connectivity index is 2.35. The molecule has 1 unspecified atom stereocenters. The number of carbonyl (C=O) groups is 1. The van der Waals surface area contributed by atoms with Crippen LogP contribution in [0.15, 0.2) is 18.2 Å². The minimum atomic E-state index is 0.111. The zero-order chi connectivity index (χ0) is 10.8. The highest BCUT2D eigenvalue weighted by atomic mass is 16.5. The fourth-order valence-electron chi connectivity index (χ4n) is 2.29. The number of carbonyl (C=O) groups excluding carboxylic acids is 1. The summed E-state index contributed by atoms with van der Waals surface area (Å²) in [5.41, 5.74) is 2.49. The number of rotatable bonds is 3. The Morgan fingerprint density at radius 2 is 2.33 bits per heavy atom. The van der Waals surface area contributed by atoms with E-state index >= 15 is 0 Å². The van der Waals surface area contributed by atoms with Gasteiger partial charge < -0.3 is 4.74 Å². The first-order valence-corrected chi connectivity index (χ1v) is 5.45. The van der Waals surface area contributed by atoms with Gasteiger partial charge in [0.1, 0.15) is 11.5 Å². The number of fused-ring (bicyclic) bond motifs is 1. The molecule has 0 N–H and O–H groups in total. The molecule has 0 saturated carbocycles. The molecule has 2 rings (SSSR count). The largest absolute Gasteiger partial charge is 0.497 e. The van der Waals surface area contributed by atoms with Crippen LogP contribution < -0.4 is 4.74 Å². The van der Waals surface area contributed by atoms with Gasteiger partial charge in [0.25, 0.3) is 0 Å². The molecule has 2 heteroatoms. The predicted molar refractivity (Wildman–Crippen MR) is 59.4 cm³/mol. The average Bonchev–Trinajstić information content (AvgIpc) is 2.70. The summed E-state index contributed by atoms with van der Waals surface area (Å²) in [6, 6.07) is 6.06. The zero-order valence-electron chi connectivity index (χ0n) is 9.25. The smallest absolute Gasteiger partial charge is 0.140 e. The van der Waals surface area contributed by atoms with Crippen molar-refractivity contribution in [2.75, 3.05) is 7.11 Å². The van der Waals surface area contributed by atoms with Crippen LogP contribution in [0.25, 0.3) is 0 Å². The molecule has 1 atom stereocenters. The molecule has 0 saturated heterocycles. The molecule has 0 spiro atoms. The quantitative estimate of drug-likeness (QED) is 0.756. The van der Waals surface area contributed by atoms with Crippen molar-refractivity contribution >= 4 is 5.78 Å². The molecule has 15 heavy (non-hydrogen) atoms. The summed E-state index contributed by atoms with van der Waals surface area (Å²) in [6.45, 7) is 1.93. The molecule has 2 nitrogen and oxygen atoms in total. The van der Waals surface area contributed by atoms with Gasteiger partial charge in [0, 0.05) is 12.3 Å². The summed E-state index contributed by atoms with van der Waals surface area (Å²) >= 11 is 0. The van der Waals surface area contributed by atoms with E-state index in [4.69, 9.17) is 4.74 Å². The van der Waals surface area contributed by atoms with Gasteiger partial charge in [0.05, 0.1) is 7.11 Å².